The minimum absolute atomic E-state index is 0.0495. The molecule has 0 aliphatic carbocycles. The average molecular weight is 427 g/mol. The van der Waals surface area contributed by atoms with Crippen molar-refractivity contribution >= 4 is 17.7 Å². The molecule has 1 heterocycles. The van der Waals surface area contributed by atoms with Crippen LogP contribution in [0.2, 0.25) is 0 Å². The van der Waals surface area contributed by atoms with E-state index in [4.69, 9.17) is 14.2 Å². The van der Waals surface area contributed by atoms with Gasteiger partial charge in [-0.2, -0.15) is 0 Å². The summed E-state index contributed by atoms with van der Waals surface area (Å²) in [6.07, 6.45) is 1.72. The zero-order valence-electron chi connectivity index (χ0n) is 18.6. The van der Waals surface area contributed by atoms with Crippen molar-refractivity contribution in [1.82, 2.24) is 4.98 Å². The number of nitrogens with zero attached hydrogens (tertiary/aromatic N) is 1. The maximum absolute atomic E-state index is 12.8. The van der Waals surface area contributed by atoms with Crippen LogP contribution in [-0.2, 0) is 14.3 Å². The average Bonchev–Trinajstić information content (AvgIpc) is 2.74. The van der Waals surface area contributed by atoms with Gasteiger partial charge in [0.25, 0.3) is 0 Å². The third-order valence-electron chi connectivity index (χ3n) is 5.03. The van der Waals surface area contributed by atoms with E-state index in [1.165, 1.54) is 26.3 Å². The van der Waals surface area contributed by atoms with Gasteiger partial charge in [-0.3, -0.25) is 14.4 Å². The van der Waals surface area contributed by atoms with E-state index in [2.05, 4.69) is 4.98 Å². The molecule has 0 bridgehead atoms. The number of carbonyl (C=O) groups is 3. The molecule has 0 spiro atoms. The van der Waals surface area contributed by atoms with Crippen molar-refractivity contribution in [2.45, 2.75) is 52.6 Å². The number of hydrogen-bond donors (Lipinski definition) is 0. The molecule has 0 fully saturated rings. The van der Waals surface area contributed by atoms with E-state index in [1.54, 1.807) is 6.92 Å². The molecule has 0 amide bonds. The number of methoxy groups -OCH3 is 1. The fraction of sp³-hybridized carbons (Fsp3) is 0.417. The summed E-state index contributed by atoms with van der Waals surface area (Å²) in [6.45, 7) is 6.75. The molecule has 7 heteroatoms. The number of ketones is 1. The summed E-state index contributed by atoms with van der Waals surface area (Å²) in [5.41, 5.74) is 1.04. The van der Waals surface area contributed by atoms with Gasteiger partial charge in [-0.05, 0) is 18.9 Å². The summed E-state index contributed by atoms with van der Waals surface area (Å²) in [7, 11) is 1.40. The Hall–Kier alpha value is -3.22. The second-order valence-electron chi connectivity index (χ2n) is 7.38. The second-order valence-corrected chi connectivity index (χ2v) is 7.38. The number of Topliss-reactive ketones (excluding diaryl/α,β-unsaturated/α-hetero) is 1. The molecule has 0 saturated carbocycles. The first-order valence-electron chi connectivity index (χ1n) is 10.3. The Bertz CT molecular complexity index is 912. The van der Waals surface area contributed by atoms with Crippen LogP contribution in [0.3, 0.4) is 0 Å². The number of rotatable bonds is 10. The molecular formula is C24H29NO6. The van der Waals surface area contributed by atoms with Crippen molar-refractivity contribution in [3.05, 3.63) is 53.9 Å². The van der Waals surface area contributed by atoms with Gasteiger partial charge in [0.15, 0.2) is 17.2 Å². The van der Waals surface area contributed by atoms with E-state index < -0.39 is 23.6 Å². The zero-order chi connectivity index (χ0) is 23.0. The van der Waals surface area contributed by atoms with Crippen molar-refractivity contribution in [3.63, 3.8) is 0 Å². The molecule has 3 atom stereocenters. The molecule has 0 unspecified atom stereocenters. The van der Waals surface area contributed by atoms with Crippen molar-refractivity contribution in [1.29, 1.82) is 0 Å². The third-order valence-corrected chi connectivity index (χ3v) is 5.03. The number of ether oxygens (including phenoxy) is 3. The van der Waals surface area contributed by atoms with Gasteiger partial charge < -0.3 is 14.2 Å². The normalized spacial score (nSPS) is 13.6. The fourth-order valence-corrected chi connectivity index (χ4v) is 3.41. The number of pyridine rings is 1. The Morgan fingerprint density at radius 2 is 1.74 bits per heavy atom. The molecule has 31 heavy (non-hydrogen) atoms. The van der Waals surface area contributed by atoms with Gasteiger partial charge in [-0.15, -0.1) is 0 Å². The lowest BCUT2D eigenvalue weighted by molar-refractivity contribution is -0.153. The third kappa shape index (κ3) is 6.38. The van der Waals surface area contributed by atoms with E-state index in [1.807, 2.05) is 44.2 Å². The van der Waals surface area contributed by atoms with E-state index in [9.17, 15) is 14.4 Å². The molecule has 0 aliphatic rings. The number of benzene rings is 1. The first-order chi connectivity index (χ1) is 14.8. The van der Waals surface area contributed by atoms with Crippen molar-refractivity contribution in [3.8, 4) is 11.5 Å². The highest BCUT2D eigenvalue weighted by Gasteiger charge is 2.28. The predicted molar refractivity (Wildman–Crippen MR) is 115 cm³/mol. The van der Waals surface area contributed by atoms with Crippen LogP contribution in [0.5, 0.6) is 11.5 Å². The first kappa shape index (κ1) is 24.1. The number of carbonyl (C=O) groups excluding carboxylic acids is 3. The number of hydrogen-bond acceptors (Lipinski definition) is 7. The molecule has 0 radical (unpaired) electrons. The summed E-state index contributed by atoms with van der Waals surface area (Å²) in [4.78, 5) is 40.9. The van der Waals surface area contributed by atoms with Crippen molar-refractivity contribution < 1.29 is 28.6 Å². The van der Waals surface area contributed by atoms with Gasteiger partial charge in [-0.25, -0.2) is 4.98 Å². The molecule has 2 aromatic rings. The molecule has 0 N–H and O–H groups in total. The van der Waals surface area contributed by atoms with Crippen LogP contribution in [0.1, 0.15) is 62.5 Å². The largest absolute Gasteiger partial charge is 0.493 e. The molecular weight excluding hydrogens is 398 g/mol. The first-order valence-corrected chi connectivity index (χ1v) is 10.3. The summed E-state index contributed by atoms with van der Waals surface area (Å²) < 4.78 is 16.0. The summed E-state index contributed by atoms with van der Waals surface area (Å²) in [5, 5.41) is 0. The lowest BCUT2D eigenvalue weighted by atomic mass is 9.91. The lowest BCUT2D eigenvalue weighted by Gasteiger charge is -2.24. The maximum Gasteiger partial charge on any atom is 0.309 e. The second kappa shape index (κ2) is 11.2. The summed E-state index contributed by atoms with van der Waals surface area (Å²) in [6, 6.07) is 11.4. The lowest BCUT2D eigenvalue weighted by Crippen LogP contribution is -2.27. The van der Waals surface area contributed by atoms with Gasteiger partial charge in [0.2, 0.25) is 5.75 Å². The quantitative estimate of drug-likeness (QED) is 0.411. The minimum Gasteiger partial charge on any atom is -0.493 e. The van der Waals surface area contributed by atoms with E-state index in [0.717, 1.165) is 12.0 Å². The predicted octanol–water partition coefficient (Wildman–Crippen LogP) is 4.35. The monoisotopic (exact) mass is 427 g/mol. The molecule has 1 aromatic heterocycles. The fourth-order valence-electron chi connectivity index (χ4n) is 3.41. The standard InChI is InChI=1S/C24H29NO6/c1-6-19(18-10-8-7-9-11-18)16(3)30-24(28)15(2)14-20(27)22-23(31-17(4)26)21(29-5)12-13-25-22/h7-13,15-16,19H,6,14H2,1-5H3/t15-,16+,19-/m1/s1. The Kier molecular flexibility index (Phi) is 8.73. The highest BCUT2D eigenvalue weighted by atomic mass is 16.6. The van der Waals surface area contributed by atoms with Gasteiger partial charge in [0.1, 0.15) is 6.10 Å². The van der Waals surface area contributed by atoms with Crippen LogP contribution >= 0.6 is 0 Å². The summed E-state index contributed by atoms with van der Waals surface area (Å²) in [5.74, 6) is -1.98. The molecule has 0 aliphatic heterocycles. The van der Waals surface area contributed by atoms with Gasteiger partial charge >= 0.3 is 11.9 Å². The van der Waals surface area contributed by atoms with Crippen molar-refractivity contribution in [2.75, 3.05) is 7.11 Å². The topological polar surface area (TPSA) is 91.8 Å². The molecule has 7 nitrogen and oxygen atoms in total. The Balaban J connectivity index is 2.09. The van der Waals surface area contributed by atoms with Crippen LogP contribution in [0.25, 0.3) is 0 Å². The van der Waals surface area contributed by atoms with Crippen LogP contribution in [0, 0.1) is 5.92 Å². The Labute approximate surface area is 182 Å². The summed E-state index contributed by atoms with van der Waals surface area (Å²) >= 11 is 0. The van der Waals surface area contributed by atoms with Gasteiger partial charge in [0.05, 0.1) is 13.0 Å². The van der Waals surface area contributed by atoms with E-state index in [0.29, 0.717) is 0 Å². The van der Waals surface area contributed by atoms with Crippen molar-refractivity contribution in [2.24, 2.45) is 5.92 Å². The Morgan fingerprint density at radius 1 is 1.06 bits per heavy atom. The SMILES string of the molecule is CC[C@@H](c1ccccc1)[C@H](C)OC(=O)[C@H](C)CC(=O)c1nccc(OC)c1OC(C)=O. The smallest absolute Gasteiger partial charge is 0.309 e. The van der Waals surface area contributed by atoms with Crippen LogP contribution in [0.4, 0.5) is 0 Å². The van der Waals surface area contributed by atoms with Crippen LogP contribution in [0.15, 0.2) is 42.6 Å². The maximum atomic E-state index is 12.8. The number of aromatic nitrogens is 1. The minimum atomic E-state index is -0.693. The molecule has 0 saturated heterocycles. The van der Waals surface area contributed by atoms with E-state index >= 15 is 0 Å². The zero-order valence-corrected chi connectivity index (χ0v) is 18.6. The molecule has 166 valence electrons. The Morgan fingerprint density at radius 3 is 2.32 bits per heavy atom. The van der Waals surface area contributed by atoms with Gasteiger partial charge in [0, 0.05) is 31.5 Å². The van der Waals surface area contributed by atoms with Crippen LogP contribution in [-0.4, -0.2) is 35.9 Å². The van der Waals surface area contributed by atoms with Crippen LogP contribution < -0.4 is 9.47 Å². The highest BCUT2D eigenvalue weighted by Crippen LogP contribution is 2.31. The molecule has 2 rings (SSSR count). The molecule has 1 aromatic carbocycles. The number of esters is 2. The van der Waals surface area contributed by atoms with Gasteiger partial charge in [-0.1, -0.05) is 44.2 Å². The highest BCUT2D eigenvalue weighted by molar-refractivity contribution is 5.99. The van der Waals surface area contributed by atoms with E-state index in [-0.39, 0.29) is 35.6 Å².